The van der Waals surface area contributed by atoms with Gasteiger partial charge in [-0.2, -0.15) is 5.26 Å². The maximum absolute atomic E-state index is 12.5. The van der Waals surface area contributed by atoms with Crippen molar-refractivity contribution in [2.45, 2.75) is 12.8 Å². The van der Waals surface area contributed by atoms with Gasteiger partial charge in [0.25, 0.3) is 5.91 Å². The zero-order chi connectivity index (χ0) is 17.6. The minimum Gasteiger partial charge on any atom is -0.339 e. The number of rotatable bonds is 4. The van der Waals surface area contributed by atoms with E-state index in [1.807, 2.05) is 28.5 Å². The van der Waals surface area contributed by atoms with E-state index in [1.54, 1.807) is 40.5 Å². The molecule has 1 aliphatic rings. The second-order valence-corrected chi connectivity index (χ2v) is 6.98. The lowest BCUT2D eigenvalue weighted by atomic mass is 10.1. The average Bonchev–Trinajstić information content (AvgIpc) is 3.19. The van der Waals surface area contributed by atoms with E-state index in [4.69, 9.17) is 5.26 Å². The average molecular weight is 353 g/mol. The molecule has 3 rings (SSSR count). The fourth-order valence-electron chi connectivity index (χ4n) is 2.91. The number of piperazine rings is 1. The molecule has 1 aromatic carbocycles. The van der Waals surface area contributed by atoms with Crippen LogP contribution < -0.4 is 0 Å². The highest BCUT2D eigenvalue weighted by Gasteiger charge is 2.24. The van der Waals surface area contributed by atoms with Gasteiger partial charge in [-0.1, -0.05) is 12.1 Å². The second kappa shape index (κ2) is 7.95. The molecule has 0 atom stereocenters. The molecule has 0 spiro atoms. The molecule has 25 heavy (non-hydrogen) atoms. The first-order chi connectivity index (χ1) is 12.2. The molecule has 0 unspecified atom stereocenters. The van der Waals surface area contributed by atoms with Crippen molar-refractivity contribution in [3.8, 4) is 6.07 Å². The summed E-state index contributed by atoms with van der Waals surface area (Å²) in [4.78, 5) is 29.7. The van der Waals surface area contributed by atoms with E-state index in [1.165, 1.54) is 4.88 Å². The quantitative estimate of drug-likeness (QED) is 0.848. The number of hydrogen-bond donors (Lipinski definition) is 0. The van der Waals surface area contributed by atoms with Crippen LogP contribution in [0.5, 0.6) is 0 Å². The lowest BCUT2D eigenvalue weighted by Gasteiger charge is -2.35. The van der Waals surface area contributed by atoms with Crippen molar-refractivity contribution in [2.75, 3.05) is 26.2 Å². The molecule has 0 saturated carbocycles. The Kier molecular flexibility index (Phi) is 5.46. The maximum atomic E-state index is 12.5. The summed E-state index contributed by atoms with van der Waals surface area (Å²) >= 11 is 1.67. The molecule has 2 amide bonds. The number of nitriles is 1. The predicted octanol–water partition coefficient (Wildman–Crippen LogP) is 2.54. The Morgan fingerprint density at radius 1 is 1.08 bits per heavy atom. The van der Waals surface area contributed by atoms with Gasteiger partial charge in [-0.15, -0.1) is 11.3 Å². The van der Waals surface area contributed by atoms with Gasteiger partial charge in [-0.05, 0) is 36.1 Å². The zero-order valence-corrected chi connectivity index (χ0v) is 14.7. The SMILES string of the molecule is N#Cc1cccc(C(=O)N2CCN(C(=O)CCc3cccs3)CC2)c1. The fraction of sp³-hybridized carbons (Fsp3) is 0.316. The van der Waals surface area contributed by atoms with E-state index >= 15 is 0 Å². The molecule has 2 aromatic rings. The van der Waals surface area contributed by atoms with Gasteiger partial charge in [0, 0.05) is 43.0 Å². The van der Waals surface area contributed by atoms with Gasteiger partial charge in [0.15, 0.2) is 0 Å². The van der Waals surface area contributed by atoms with E-state index in [9.17, 15) is 9.59 Å². The van der Waals surface area contributed by atoms with Gasteiger partial charge in [0.2, 0.25) is 5.91 Å². The smallest absolute Gasteiger partial charge is 0.254 e. The molecule has 0 aliphatic carbocycles. The van der Waals surface area contributed by atoms with Crippen molar-refractivity contribution >= 4 is 23.2 Å². The Bertz CT molecular complexity index is 787. The number of carbonyl (C=O) groups is 2. The first-order valence-electron chi connectivity index (χ1n) is 8.27. The summed E-state index contributed by atoms with van der Waals surface area (Å²) < 4.78 is 0. The van der Waals surface area contributed by atoms with Gasteiger partial charge in [0.05, 0.1) is 11.6 Å². The van der Waals surface area contributed by atoms with Crippen LogP contribution in [-0.4, -0.2) is 47.8 Å². The van der Waals surface area contributed by atoms with Crippen LogP contribution in [0.3, 0.4) is 0 Å². The molecular weight excluding hydrogens is 334 g/mol. The molecule has 1 aliphatic heterocycles. The summed E-state index contributed by atoms with van der Waals surface area (Å²) in [6.07, 6.45) is 1.29. The van der Waals surface area contributed by atoms with Crippen molar-refractivity contribution in [2.24, 2.45) is 0 Å². The Hall–Kier alpha value is -2.65. The van der Waals surface area contributed by atoms with Gasteiger partial charge in [0.1, 0.15) is 0 Å². The van der Waals surface area contributed by atoms with Crippen LogP contribution in [0.25, 0.3) is 0 Å². The lowest BCUT2D eigenvalue weighted by molar-refractivity contribution is -0.132. The third-order valence-electron chi connectivity index (χ3n) is 4.32. The molecule has 1 saturated heterocycles. The second-order valence-electron chi connectivity index (χ2n) is 5.94. The molecule has 0 radical (unpaired) electrons. The first-order valence-corrected chi connectivity index (χ1v) is 9.15. The normalized spacial score (nSPS) is 14.2. The minimum atomic E-state index is -0.0808. The molecule has 0 bridgehead atoms. The van der Waals surface area contributed by atoms with Crippen LogP contribution in [0.15, 0.2) is 41.8 Å². The van der Waals surface area contributed by atoms with Crippen LogP contribution in [-0.2, 0) is 11.2 Å². The molecule has 0 N–H and O–H groups in total. The van der Waals surface area contributed by atoms with Crippen molar-refractivity contribution in [3.63, 3.8) is 0 Å². The minimum absolute atomic E-state index is 0.0808. The highest BCUT2D eigenvalue weighted by atomic mass is 32.1. The Labute approximate surface area is 151 Å². The Morgan fingerprint density at radius 3 is 2.52 bits per heavy atom. The number of aryl methyl sites for hydroxylation is 1. The van der Waals surface area contributed by atoms with E-state index in [0.29, 0.717) is 43.7 Å². The molecule has 1 aromatic heterocycles. The van der Waals surface area contributed by atoms with E-state index in [0.717, 1.165) is 6.42 Å². The topological polar surface area (TPSA) is 64.4 Å². The third kappa shape index (κ3) is 4.25. The van der Waals surface area contributed by atoms with Crippen molar-refractivity contribution in [1.29, 1.82) is 5.26 Å². The zero-order valence-electron chi connectivity index (χ0n) is 13.9. The molecule has 128 valence electrons. The number of carbonyl (C=O) groups excluding carboxylic acids is 2. The largest absolute Gasteiger partial charge is 0.339 e. The van der Waals surface area contributed by atoms with Gasteiger partial charge >= 0.3 is 0 Å². The Balaban J connectivity index is 1.51. The maximum Gasteiger partial charge on any atom is 0.254 e. The Morgan fingerprint density at radius 2 is 1.84 bits per heavy atom. The third-order valence-corrected chi connectivity index (χ3v) is 5.26. The van der Waals surface area contributed by atoms with E-state index in [2.05, 4.69) is 0 Å². The van der Waals surface area contributed by atoms with Crippen LogP contribution in [0, 0.1) is 11.3 Å². The standard InChI is InChI=1S/C19H19N3O2S/c20-14-15-3-1-4-16(13-15)19(24)22-10-8-21(9-11-22)18(23)7-6-17-5-2-12-25-17/h1-5,12-13H,6-11H2. The van der Waals surface area contributed by atoms with E-state index in [-0.39, 0.29) is 11.8 Å². The van der Waals surface area contributed by atoms with Gasteiger partial charge < -0.3 is 9.80 Å². The van der Waals surface area contributed by atoms with Gasteiger partial charge in [-0.3, -0.25) is 9.59 Å². The van der Waals surface area contributed by atoms with E-state index < -0.39 is 0 Å². The summed E-state index contributed by atoms with van der Waals surface area (Å²) in [5, 5.41) is 11.0. The molecule has 5 nitrogen and oxygen atoms in total. The van der Waals surface area contributed by atoms with Crippen LogP contribution in [0.4, 0.5) is 0 Å². The fourth-order valence-corrected chi connectivity index (χ4v) is 3.62. The summed E-state index contributed by atoms with van der Waals surface area (Å²) in [5.74, 6) is 0.0646. The molecule has 1 fully saturated rings. The van der Waals surface area contributed by atoms with Crippen LogP contribution in [0.2, 0.25) is 0 Å². The number of amides is 2. The highest BCUT2D eigenvalue weighted by Crippen LogP contribution is 2.14. The van der Waals surface area contributed by atoms with Crippen LogP contribution >= 0.6 is 11.3 Å². The molecule has 6 heteroatoms. The summed E-state index contributed by atoms with van der Waals surface area (Å²) in [6, 6.07) is 12.8. The lowest BCUT2D eigenvalue weighted by Crippen LogP contribution is -2.50. The first kappa shape index (κ1) is 17.2. The summed E-state index contributed by atoms with van der Waals surface area (Å²) in [5.41, 5.74) is 1.00. The van der Waals surface area contributed by atoms with Crippen LogP contribution in [0.1, 0.15) is 27.2 Å². The monoisotopic (exact) mass is 353 g/mol. The number of hydrogen-bond acceptors (Lipinski definition) is 4. The molecular formula is C19H19N3O2S. The number of nitrogens with zero attached hydrogens (tertiary/aromatic N) is 3. The van der Waals surface area contributed by atoms with Crippen molar-refractivity contribution in [1.82, 2.24) is 9.80 Å². The van der Waals surface area contributed by atoms with Crippen molar-refractivity contribution < 1.29 is 9.59 Å². The summed E-state index contributed by atoms with van der Waals surface area (Å²) in [6.45, 7) is 2.18. The molecule has 2 heterocycles. The highest BCUT2D eigenvalue weighted by molar-refractivity contribution is 7.09. The summed E-state index contributed by atoms with van der Waals surface area (Å²) in [7, 11) is 0. The van der Waals surface area contributed by atoms with Crippen molar-refractivity contribution in [3.05, 3.63) is 57.8 Å². The van der Waals surface area contributed by atoms with Gasteiger partial charge in [-0.25, -0.2) is 0 Å². The predicted molar refractivity (Wildman–Crippen MR) is 96.3 cm³/mol. The number of thiophene rings is 1. The number of benzene rings is 1.